The lowest BCUT2D eigenvalue weighted by molar-refractivity contribution is -0.122. The Morgan fingerprint density at radius 1 is 0.882 bits per heavy atom. The summed E-state index contributed by atoms with van der Waals surface area (Å²) in [6.07, 6.45) is 1.58. The molecule has 3 aromatic carbocycles. The van der Waals surface area contributed by atoms with Crippen molar-refractivity contribution in [3.63, 3.8) is 0 Å². The number of ether oxygens (including phenoxy) is 1. The maximum atomic E-state index is 13.2. The second kappa shape index (κ2) is 9.75. The molecule has 0 atom stereocenters. The first kappa shape index (κ1) is 23.6. The molecule has 0 bridgehead atoms. The minimum absolute atomic E-state index is 0.101. The number of para-hydroxylation sites is 1. The van der Waals surface area contributed by atoms with E-state index < -0.39 is 22.6 Å². The van der Waals surface area contributed by atoms with Crippen LogP contribution in [0.25, 0.3) is 0 Å². The first-order valence-corrected chi connectivity index (χ1v) is 11.6. The summed E-state index contributed by atoms with van der Waals surface area (Å²) in [5, 5.41) is 2.88. The van der Waals surface area contributed by atoms with Crippen LogP contribution in [0.15, 0.2) is 95.4 Å². The molecular weight excluding hydrogens is 472 g/mol. The number of rotatable bonds is 6. The number of nitrogens with zero attached hydrogens (tertiary/aromatic N) is 1. The molecule has 1 heterocycles. The Kier molecular flexibility index (Phi) is 6.77. The van der Waals surface area contributed by atoms with Crippen LogP contribution in [0, 0.1) is 0 Å². The van der Waals surface area contributed by atoms with Gasteiger partial charge in [-0.25, -0.2) is 9.69 Å². The van der Waals surface area contributed by atoms with Gasteiger partial charge in [0.15, 0.2) is 0 Å². The van der Waals surface area contributed by atoms with Crippen molar-refractivity contribution < 1.29 is 19.1 Å². The standard InChI is InChI=1S/C26H21ClN2O4S/c1-26(2,34-21-14-8-17(27)9-15-21)16-22-23(30)28-25(32)29(24(22)31)18-10-12-20(13-11-18)33-19-6-4-3-5-7-19/h3-16H,1-2H3,(H,28,30,32). The highest BCUT2D eigenvalue weighted by atomic mass is 35.5. The molecule has 1 fully saturated rings. The Hall–Kier alpha value is -3.55. The summed E-state index contributed by atoms with van der Waals surface area (Å²) in [5.41, 5.74) is 0.222. The summed E-state index contributed by atoms with van der Waals surface area (Å²) in [7, 11) is 0. The fourth-order valence-corrected chi connectivity index (χ4v) is 4.55. The second-order valence-corrected chi connectivity index (χ2v) is 10.2. The normalized spacial score (nSPS) is 15.4. The van der Waals surface area contributed by atoms with Crippen molar-refractivity contribution in [1.29, 1.82) is 0 Å². The van der Waals surface area contributed by atoms with Gasteiger partial charge in [0.2, 0.25) is 0 Å². The van der Waals surface area contributed by atoms with Crippen LogP contribution in [0.5, 0.6) is 11.5 Å². The smallest absolute Gasteiger partial charge is 0.335 e. The van der Waals surface area contributed by atoms with Gasteiger partial charge in [-0.05, 0) is 74.5 Å². The highest BCUT2D eigenvalue weighted by Gasteiger charge is 2.38. The molecule has 34 heavy (non-hydrogen) atoms. The van der Waals surface area contributed by atoms with Crippen LogP contribution in [0.3, 0.4) is 0 Å². The molecule has 4 amide bonds. The molecule has 6 nitrogen and oxygen atoms in total. The largest absolute Gasteiger partial charge is 0.457 e. The van der Waals surface area contributed by atoms with Crippen LogP contribution in [-0.4, -0.2) is 22.6 Å². The van der Waals surface area contributed by atoms with E-state index in [9.17, 15) is 14.4 Å². The number of hydrogen-bond acceptors (Lipinski definition) is 5. The van der Waals surface area contributed by atoms with E-state index in [0.717, 1.165) is 9.80 Å². The third kappa shape index (κ3) is 5.50. The average Bonchev–Trinajstić information content (AvgIpc) is 2.80. The van der Waals surface area contributed by atoms with Crippen LogP contribution in [0.1, 0.15) is 13.8 Å². The van der Waals surface area contributed by atoms with E-state index in [2.05, 4.69) is 5.32 Å². The van der Waals surface area contributed by atoms with Crippen LogP contribution in [0.2, 0.25) is 5.02 Å². The Labute approximate surface area is 206 Å². The molecule has 0 radical (unpaired) electrons. The molecule has 8 heteroatoms. The highest BCUT2D eigenvalue weighted by Crippen LogP contribution is 2.36. The first-order chi connectivity index (χ1) is 16.2. The molecule has 0 saturated carbocycles. The van der Waals surface area contributed by atoms with Gasteiger partial charge in [-0.15, -0.1) is 11.8 Å². The zero-order valence-electron chi connectivity index (χ0n) is 18.4. The molecule has 1 aliphatic heterocycles. The molecule has 172 valence electrons. The predicted octanol–water partition coefficient (Wildman–Crippen LogP) is 6.21. The van der Waals surface area contributed by atoms with E-state index in [0.29, 0.717) is 22.2 Å². The van der Waals surface area contributed by atoms with Gasteiger partial charge in [0.25, 0.3) is 11.8 Å². The van der Waals surface area contributed by atoms with Crippen LogP contribution in [-0.2, 0) is 9.59 Å². The number of amides is 4. The number of nitrogens with one attached hydrogen (secondary N) is 1. The minimum Gasteiger partial charge on any atom is -0.457 e. The lowest BCUT2D eigenvalue weighted by Crippen LogP contribution is -2.54. The van der Waals surface area contributed by atoms with Crippen molar-refractivity contribution in [2.45, 2.75) is 23.5 Å². The molecule has 0 unspecified atom stereocenters. The maximum absolute atomic E-state index is 13.2. The van der Waals surface area contributed by atoms with Gasteiger partial charge in [0, 0.05) is 14.7 Å². The number of barbiturate groups is 1. The summed E-state index contributed by atoms with van der Waals surface area (Å²) in [6.45, 7) is 3.77. The Bertz CT molecular complexity index is 1260. The topological polar surface area (TPSA) is 75.7 Å². The fourth-order valence-electron chi connectivity index (χ4n) is 3.36. The highest BCUT2D eigenvalue weighted by molar-refractivity contribution is 8.00. The molecule has 0 aromatic heterocycles. The average molecular weight is 493 g/mol. The van der Waals surface area contributed by atoms with Crippen molar-refractivity contribution in [1.82, 2.24) is 5.32 Å². The quantitative estimate of drug-likeness (QED) is 0.251. The van der Waals surface area contributed by atoms with E-state index in [1.807, 2.05) is 56.3 Å². The number of carbonyl (C=O) groups excluding carboxylic acids is 3. The zero-order valence-corrected chi connectivity index (χ0v) is 20.0. The Morgan fingerprint density at radius 2 is 1.50 bits per heavy atom. The van der Waals surface area contributed by atoms with Crippen LogP contribution in [0.4, 0.5) is 10.5 Å². The third-order valence-electron chi connectivity index (χ3n) is 4.86. The second-order valence-electron chi connectivity index (χ2n) is 8.03. The molecule has 1 N–H and O–H groups in total. The van der Waals surface area contributed by atoms with Gasteiger partial charge in [-0.1, -0.05) is 35.9 Å². The number of urea groups is 1. The number of anilines is 1. The van der Waals surface area contributed by atoms with E-state index in [4.69, 9.17) is 16.3 Å². The van der Waals surface area contributed by atoms with Gasteiger partial charge in [0.05, 0.1) is 5.69 Å². The van der Waals surface area contributed by atoms with Gasteiger partial charge < -0.3 is 4.74 Å². The number of carbonyl (C=O) groups is 3. The zero-order chi connectivity index (χ0) is 24.3. The van der Waals surface area contributed by atoms with Crippen molar-refractivity contribution >= 4 is 46.9 Å². The maximum Gasteiger partial charge on any atom is 0.335 e. The van der Waals surface area contributed by atoms with E-state index in [1.165, 1.54) is 11.8 Å². The lowest BCUT2D eigenvalue weighted by Gasteiger charge is -2.28. The van der Waals surface area contributed by atoms with E-state index >= 15 is 0 Å². The van der Waals surface area contributed by atoms with Crippen LogP contribution >= 0.6 is 23.4 Å². The van der Waals surface area contributed by atoms with Gasteiger partial charge in [-0.3, -0.25) is 14.9 Å². The van der Waals surface area contributed by atoms with E-state index in [-0.39, 0.29) is 5.57 Å². The summed E-state index contributed by atoms with van der Waals surface area (Å²) in [6, 6.07) is 22.2. The Balaban J connectivity index is 1.56. The van der Waals surface area contributed by atoms with Crippen molar-refractivity contribution in [3.8, 4) is 11.5 Å². The summed E-state index contributed by atoms with van der Waals surface area (Å²) >= 11 is 7.42. The van der Waals surface area contributed by atoms with Gasteiger partial charge in [0.1, 0.15) is 17.1 Å². The molecule has 0 aliphatic carbocycles. The Morgan fingerprint density at radius 3 is 2.15 bits per heavy atom. The summed E-state index contributed by atoms with van der Waals surface area (Å²) < 4.78 is 5.15. The third-order valence-corrected chi connectivity index (χ3v) is 6.27. The molecule has 0 spiro atoms. The van der Waals surface area contributed by atoms with Crippen molar-refractivity contribution in [3.05, 3.63) is 95.5 Å². The number of imide groups is 2. The minimum atomic E-state index is -0.799. The first-order valence-electron chi connectivity index (χ1n) is 10.4. The summed E-state index contributed by atoms with van der Waals surface area (Å²) in [5.74, 6) is -0.194. The number of hydrogen-bond donors (Lipinski definition) is 1. The molecular formula is C26H21ClN2O4S. The summed E-state index contributed by atoms with van der Waals surface area (Å²) in [4.78, 5) is 40.1. The van der Waals surface area contributed by atoms with Crippen molar-refractivity contribution in [2.24, 2.45) is 0 Å². The molecule has 4 rings (SSSR count). The van der Waals surface area contributed by atoms with Gasteiger partial charge in [-0.2, -0.15) is 0 Å². The van der Waals surface area contributed by atoms with Crippen LogP contribution < -0.4 is 15.0 Å². The predicted molar refractivity (Wildman–Crippen MR) is 133 cm³/mol. The monoisotopic (exact) mass is 492 g/mol. The number of halogens is 1. The number of benzene rings is 3. The SMILES string of the molecule is CC(C)(C=C1C(=O)NC(=O)N(c2ccc(Oc3ccccc3)cc2)C1=O)Sc1ccc(Cl)cc1. The number of thioether (sulfide) groups is 1. The molecule has 1 saturated heterocycles. The van der Waals surface area contributed by atoms with Crippen molar-refractivity contribution in [2.75, 3.05) is 4.90 Å². The molecule has 1 aliphatic rings. The lowest BCUT2D eigenvalue weighted by atomic mass is 10.0. The van der Waals surface area contributed by atoms with E-state index in [1.54, 1.807) is 42.5 Å². The van der Waals surface area contributed by atoms with Gasteiger partial charge >= 0.3 is 6.03 Å². The molecule has 3 aromatic rings. The fraction of sp³-hybridized carbons (Fsp3) is 0.115.